The van der Waals surface area contributed by atoms with Crippen LogP contribution in [0.5, 0.6) is 0 Å². The van der Waals surface area contributed by atoms with Crippen LogP contribution in [0.1, 0.15) is 18.5 Å². The summed E-state index contributed by atoms with van der Waals surface area (Å²) in [6.45, 7) is 2.00. The summed E-state index contributed by atoms with van der Waals surface area (Å²) < 4.78 is 0. The Morgan fingerprint density at radius 3 is 2.77 bits per heavy atom. The van der Waals surface area contributed by atoms with E-state index < -0.39 is 0 Å². The lowest BCUT2D eigenvalue weighted by Crippen LogP contribution is -2.04. The Hall–Kier alpha value is -0.990. The third-order valence-corrected chi connectivity index (χ3v) is 2.12. The fourth-order valence-electron chi connectivity index (χ4n) is 1.51. The molecule has 0 amide bonds. The van der Waals surface area contributed by atoms with Crippen LogP contribution in [0.4, 0.5) is 0 Å². The Labute approximate surface area is 83.5 Å². The molecule has 2 nitrogen and oxygen atoms in total. The number of fused-ring (bicyclic) bond motifs is 1. The summed E-state index contributed by atoms with van der Waals surface area (Å²) in [5.74, 6) is 0. The van der Waals surface area contributed by atoms with Crippen molar-refractivity contribution in [3.8, 4) is 0 Å². The Morgan fingerprint density at radius 1 is 1.31 bits per heavy atom. The molecular formula is C10H13ClN2. The standard InChI is InChI=1S/C10H12N2.ClH/c1-7(11)8-3-2-4-10-9(8)5-6-12-10;/h2-7,12H,11H2,1H3;1H/t7-;/m1./s1. The van der Waals surface area contributed by atoms with Gasteiger partial charge in [-0.25, -0.2) is 0 Å². The predicted molar refractivity (Wildman–Crippen MR) is 58.1 cm³/mol. The van der Waals surface area contributed by atoms with Crippen molar-refractivity contribution in [2.45, 2.75) is 13.0 Å². The van der Waals surface area contributed by atoms with E-state index in [2.05, 4.69) is 23.2 Å². The van der Waals surface area contributed by atoms with E-state index in [1.165, 1.54) is 10.9 Å². The molecule has 0 spiro atoms. The van der Waals surface area contributed by atoms with Crippen LogP contribution in [-0.2, 0) is 0 Å². The highest BCUT2D eigenvalue weighted by molar-refractivity contribution is 5.85. The maximum atomic E-state index is 5.83. The third-order valence-electron chi connectivity index (χ3n) is 2.12. The zero-order chi connectivity index (χ0) is 8.55. The lowest BCUT2D eigenvalue weighted by atomic mass is 10.1. The molecule has 0 aliphatic rings. The normalized spacial score (nSPS) is 12.5. The summed E-state index contributed by atoms with van der Waals surface area (Å²) >= 11 is 0. The van der Waals surface area contributed by atoms with Crippen molar-refractivity contribution in [1.82, 2.24) is 4.98 Å². The average Bonchev–Trinajstić information content (AvgIpc) is 2.49. The first kappa shape index (κ1) is 10.1. The topological polar surface area (TPSA) is 41.8 Å². The van der Waals surface area contributed by atoms with Crippen molar-refractivity contribution < 1.29 is 0 Å². The number of nitrogens with two attached hydrogens (primary N) is 1. The van der Waals surface area contributed by atoms with Crippen molar-refractivity contribution >= 4 is 23.3 Å². The molecule has 0 unspecified atom stereocenters. The van der Waals surface area contributed by atoms with Crippen LogP contribution in [0.2, 0.25) is 0 Å². The number of aromatic nitrogens is 1. The van der Waals surface area contributed by atoms with Crippen LogP contribution < -0.4 is 5.73 Å². The summed E-state index contributed by atoms with van der Waals surface area (Å²) in [7, 11) is 0. The minimum Gasteiger partial charge on any atom is -0.361 e. The highest BCUT2D eigenvalue weighted by Crippen LogP contribution is 2.21. The maximum absolute atomic E-state index is 5.83. The largest absolute Gasteiger partial charge is 0.361 e. The van der Waals surface area contributed by atoms with Crippen LogP contribution in [0, 0.1) is 0 Å². The molecule has 13 heavy (non-hydrogen) atoms. The van der Waals surface area contributed by atoms with Crippen molar-refractivity contribution in [2.24, 2.45) is 5.73 Å². The van der Waals surface area contributed by atoms with Gasteiger partial charge in [-0.3, -0.25) is 0 Å². The van der Waals surface area contributed by atoms with Gasteiger partial charge in [-0.05, 0) is 24.6 Å². The molecule has 0 fully saturated rings. The Kier molecular flexibility index (Phi) is 2.96. The van der Waals surface area contributed by atoms with E-state index in [1.807, 2.05) is 19.2 Å². The SMILES string of the molecule is C[C@@H](N)c1cccc2[nH]ccc12.Cl. The lowest BCUT2D eigenvalue weighted by Gasteiger charge is -2.06. The van der Waals surface area contributed by atoms with Gasteiger partial charge in [0.2, 0.25) is 0 Å². The van der Waals surface area contributed by atoms with E-state index in [1.54, 1.807) is 0 Å². The number of H-pyrrole nitrogens is 1. The number of aromatic amines is 1. The fourth-order valence-corrected chi connectivity index (χ4v) is 1.51. The molecule has 0 aliphatic heterocycles. The molecule has 70 valence electrons. The van der Waals surface area contributed by atoms with Gasteiger partial charge in [0.05, 0.1) is 0 Å². The molecule has 1 heterocycles. The van der Waals surface area contributed by atoms with Gasteiger partial charge in [0.15, 0.2) is 0 Å². The minimum absolute atomic E-state index is 0. The smallest absolute Gasteiger partial charge is 0.0457 e. The number of nitrogens with one attached hydrogen (secondary N) is 1. The second-order valence-electron chi connectivity index (χ2n) is 3.07. The van der Waals surface area contributed by atoms with Gasteiger partial charge in [0, 0.05) is 23.1 Å². The van der Waals surface area contributed by atoms with Crippen molar-refractivity contribution in [1.29, 1.82) is 0 Å². The molecule has 0 saturated heterocycles. The molecule has 0 bridgehead atoms. The average molecular weight is 197 g/mol. The van der Waals surface area contributed by atoms with Crippen LogP contribution >= 0.6 is 12.4 Å². The summed E-state index contributed by atoms with van der Waals surface area (Å²) in [5, 5.41) is 1.23. The van der Waals surface area contributed by atoms with E-state index in [4.69, 9.17) is 5.73 Å². The van der Waals surface area contributed by atoms with E-state index in [0.29, 0.717) is 0 Å². The van der Waals surface area contributed by atoms with Gasteiger partial charge in [-0.15, -0.1) is 12.4 Å². The Morgan fingerprint density at radius 2 is 2.08 bits per heavy atom. The van der Waals surface area contributed by atoms with Gasteiger partial charge in [0.1, 0.15) is 0 Å². The first-order valence-electron chi connectivity index (χ1n) is 4.10. The molecule has 3 heteroatoms. The van der Waals surface area contributed by atoms with Crippen LogP contribution in [0.15, 0.2) is 30.5 Å². The van der Waals surface area contributed by atoms with Crippen LogP contribution in [-0.4, -0.2) is 4.98 Å². The second kappa shape index (κ2) is 3.81. The number of halogens is 1. The number of hydrogen-bond donors (Lipinski definition) is 2. The zero-order valence-corrected chi connectivity index (χ0v) is 8.27. The molecular weight excluding hydrogens is 184 g/mol. The highest BCUT2D eigenvalue weighted by atomic mass is 35.5. The number of benzene rings is 1. The summed E-state index contributed by atoms with van der Waals surface area (Å²) in [6.07, 6.45) is 1.94. The van der Waals surface area contributed by atoms with Crippen LogP contribution in [0.25, 0.3) is 10.9 Å². The van der Waals surface area contributed by atoms with Crippen molar-refractivity contribution in [3.05, 3.63) is 36.0 Å². The molecule has 2 rings (SSSR count). The first-order chi connectivity index (χ1) is 5.79. The zero-order valence-electron chi connectivity index (χ0n) is 7.45. The van der Waals surface area contributed by atoms with Crippen molar-refractivity contribution in [3.63, 3.8) is 0 Å². The molecule has 0 radical (unpaired) electrons. The fraction of sp³-hybridized carbons (Fsp3) is 0.200. The van der Waals surface area contributed by atoms with E-state index in [-0.39, 0.29) is 18.4 Å². The monoisotopic (exact) mass is 196 g/mol. The van der Waals surface area contributed by atoms with E-state index >= 15 is 0 Å². The molecule has 0 saturated carbocycles. The predicted octanol–water partition coefficient (Wildman–Crippen LogP) is 2.61. The molecule has 2 aromatic rings. The number of hydrogen-bond acceptors (Lipinski definition) is 1. The van der Waals surface area contributed by atoms with Gasteiger partial charge in [-0.2, -0.15) is 0 Å². The first-order valence-corrected chi connectivity index (χ1v) is 4.10. The minimum atomic E-state index is 0. The van der Waals surface area contributed by atoms with Gasteiger partial charge >= 0.3 is 0 Å². The summed E-state index contributed by atoms with van der Waals surface area (Å²) in [6, 6.07) is 8.32. The number of rotatable bonds is 1. The van der Waals surface area contributed by atoms with Crippen LogP contribution in [0.3, 0.4) is 0 Å². The third kappa shape index (κ3) is 1.69. The summed E-state index contributed by atoms with van der Waals surface area (Å²) in [5.41, 5.74) is 8.18. The van der Waals surface area contributed by atoms with Crippen molar-refractivity contribution in [2.75, 3.05) is 0 Å². The van der Waals surface area contributed by atoms with E-state index in [0.717, 1.165) is 5.52 Å². The second-order valence-corrected chi connectivity index (χ2v) is 3.07. The molecule has 1 atom stereocenters. The highest BCUT2D eigenvalue weighted by Gasteiger charge is 2.04. The molecule has 1 aromatic carbocycles. The molecule has 3 N–H and O–H groups in total. The van der Waals surface area contributed by atoms with Gasteiger partial charge < -0.3 is 10.7 Å². The Bertz CT molecular complexity index is 392. The molecule has 1 aromatic heterocycles. The van der Waals surface area contributed by atoms with Gasteiger partial charge in [0.25, 0.3) is 0 Å². The molecule has 0 aliphatic carbocycles. The quantitative estimate of drug-likeness (QED) is 0.724. The maximum Gasteiger partial charge on any atom is 0.0457 e. The lowest BCUT2D eigenvalue weighted by molar-refractivity contribution is 0.827. The van der Waals surface area contributed by atoms with E-state index in [9.17, 15) is 0 Å². The van der Waals surface area contributed by atoms with Gasteiger partial charge in [-0.1, -0.05) is 12.1 Å². The Balaban J connectivity index is 0.000000845. The summed E-state index contributed by atoms with van der Waals surface area (Å²) in [4.78, 5) is 3.16.